The van der Waals surface area contributed by atoms with Crippen molar-refractivity contribution in [1.82, 2.24) is 0 Å². The van der Waals surface area contributed by atoms with Crippen LogP contribution in [0.2, 0.25) is 0 Å². The van der Waals surface area contributed by atoms with Crippen LogP contribution in [0.25, 0.3) is 0 Å². The van der Waals surface area contributed by atoms with Crippen LogP contribution in [0.4, 0.5) is 13.2 Å². The molecule has 0 radical (unpaired) electrons. The number of hydrogen-bond donors (Lipinski definition) is 0. The topological polar surface area (TPSA) is 18.5 Å². The molecule has 5 heteroatoms. The lowest BCUT2D eigenvalue weighted by Crippen LogP contribution is -2.62. The highest BCUT2D eigenvalue weighted by Gasteiger charge is 2.55. The fourth-order valence-corrected chi connectivity index (χ4v) is 4.26. The van der Waals surface area contributed by atoms with E-state index >= 15 is 0 Å². The van der Waals surface area contributed by atoms with E-state index in [-0.39, 0.29) is 36.3 Å². The van der Waals surface area contributed by atoms with Crippen molar-refractivity contribution in [2.24, 2.45) is 16.2 Å². The van der Waals surface area contributed by atoms with Crippen molar-refractivity contribution in [1.29, 1.82) is 0 Å². The number of hydrogen-bond acceptors (Lipinski definition) is 2. The van der Waals surface area contributed by atoms with Gasteiger partial charge in [-0.2, -0.15) is 13.2 Å². The second-order valence-corrected chi connectivity index (χ2v) is 10.6. The number of halogens is 3. The van der Waals surface area contributed by atoms with Crippen LogP contribution < -0.4 is 0 Å². The average molecular weight is 379 g/mol. The Bertz CT molecular complexity index is 477. The number of ether oxygens (including phenoxy) is 2. The first-order valence-corrected chi connectivity index (χ1v) is 10.0. The van der Waals surface area contributed by atoms with Gasteiger partial charge in [-0.05, 0) is 35.5 Å². The molecule has 1 aliphatic heterocycles. The SMILES string of the molecule is CC(C)(C)C1OC2CCCCC2OC1C(C)(C)C(C)(C)CCC(F)(F)F. The van der Waals surface area contributed by atoms with Crippen LogP contribution in [0.3, 0.4) is 0 Å². The highest BCUT2D eigenvalue weighted by atomic mass is 19.4. The molecule has 154 valence electrons. The fraction of sp³-hybridized carbons (Fsp3) is 1.00. The van der Waals surface area contributed by atoms with Crippen molar-refractivity contribution >= 4 is 0 Å². The van der Waals surface area contributed by atoms with Crippen molar-refractivity contribution in [3.8, 4) is 0 Å². The molecular weight excluding hydrogens is 341 g/mol. The number of rotatable bonds is 4. The lowest BCUT2D eigenvalue weighted by molar-refractivity contribution is -0.289. The van der Waals surface area contributed by atoms with E-state index in [9.17, 15) is 13.2 Å². The molecule has 0 spiro atoms. The van der Waals surface area contributed by atoms with Gasteiger partial charge in [0, 0.05) is 6.42 Å². The van der Waals surface area contributed by atoms with Gasteiger partial charge in [-0.3, -0.25) is 0 Å². The highest BCUT2D eigenvalue weighted by molar-refractivity contribution is 5.02. The Morgan fingerprint density at radius 1 is 0.731 bits per heavy atom. The van der Waals surface area contributed by atoms with E-state index in [2.05, 4.69) is 34.6 Å². The molecular formula is C21H37F3O2. The standard InChI is InChI=1S/C21H37F3O2/c1-18(2,3)16-17(26-15-11-9-8-10-14(15)25-16)20(6,7)19(4,5)12-13-21(22,23)24/h14-17H,8-13H2,1-7H3. The molecule has 0 aromatic rings. The molecule has 2 aliphatic rings. The van der Waals surface area contributed by atoms with Gasteiger partial charge in [0.1, 0.15) is 0 Å². The summed E-state index contributed by atoms with van der Waals surface area (Å²) in [5, 5.41) is 0. The van der Waals surface area contributed by atoms with Crippen LogP contribution in [-0.4, -0.2) is 30.6 Å². The predicted molar refractivity (Wildman–Crippen MR) is 98.1 cm³/mol. The third-order valence-electron chi connectivity index (χ3n) is 6.90. The van der Waals surface area contributed by atoms with Crippen LogP contribution in [0.15, 0.2) is 0 Å². The third kappa shape index (κ3) is 4.76. The Morgan fingerprint density at radius 3 is 1.62 bits per heavy atom. The van der Waals surface area contributed by atoms with E-state index in [0.717, 1.165) is 25.7 Å². The molecule has 1 aliphatic carbocycles. The minimum absolute atomic E-state index is 0.0741. The third-order valence-corrected chi connectivity index (χ3v) is 6.90. The maximum absolute atomic E-state index is 12.8. The summed E-state index contributed by atoms with van der Waals surface area (Å²) in [6.45, 7) is 14.4. The zero-order valence-corrected chi connectivity index (χ0v) is 17.5. The van der Waals surface area contributed by atoms with Crippen LogP contribution in [0.5, 0.6) is 0 Å². The molecule has 1 saturated carbocycles. The van der Waals surface area contributed by atoms with Gasteiger partial charge < -0.3 is 9.47 Å². The summed E-state index contributed by atoms with van der Waals surface area (Å²) in [6.07, 6.45) is -0.650. The first kappa shape index (κ1) is 22.0. The van der Waals surface area contributed by atoms with Crippen molar-refractivity contribution in [3.63, 3.8) is 0 Å². The first-order valence-electron chi connectivity index (χ1n) is 10.0. The van der Waals surface area contributed by atoms with Gasteiger partial charge in [-0.25, -0.2) is 0 Å². The summed E-state index contributed by atoms with van der Waals surface area (Å²) < 4.78 is 51.7. The Morgan fingerprint density at radius 2 is 1.19 bits per heavy atom. The monoisotopic (exact) mass is 378 g/mol. The maximum atomic E-state index is 12.8. The summed E-state index contributed by atoms with van der Waals surface area (Å²) in [4.78, 5) is 0. The summed E-state index contributed by atoms with van der Waals surface area (Å²) in [6, 6.07) is 0. The molecule has 0 aromatic heterocycles. The smallest absolute Gasteiger partial charge is 0.369 e. The molecule has 0 bridgehead atoms. The molecule has 2 fully saturated rings. The first-order chi connectivity index (χ1) is 11.7. The van der Waals surface area contributed by atoms with E-state index < -0.39 is 23.4 Å². The van der Waals surface area contributed by atoms with E-state index in [1.807, 2.05) is 13.8 Å². The van der Waals surface area contributed by atoms with Crippen LogP contribution >= 0.6 is 0 Å². The van der Waals surface area contributed by atoms with Crippen molar-refractivity contribution in [2.45, 2.75) is 118 Å². The highest BCUT2D eigenvalue weighted by Crippen LogP contribution is 2.52. The predicted octanol–water partition coefficient (Wildman–Crippen LogP) is 6.52. The van der Waals surface area contributed by atoms with Crippen LogP contribution in [0.1, 0.15) is 87.0 Å². The minimum atomic E-state index is -4.13. The van der Waals surface area contributed by atoms with Crippen LogP contribution in [0, 0.1) is 16.2 Å². The molecule has 0 N–H and O–H groups in total. The normalized spacial score (nSPS) is 31.6. The maximum Gasteiger partial charge on any atom is 0.389 e. The van der Waals surface area contributed by atoms with Gasteiger partial charge in [0.05, 0.1) is 24.4 Å². The summed E-state index contributed by atoms with van der Waals surface area (Å²) in [5.74, 6) is 0. The molecule has 0 amide bonds. The summed E-state index contributed by atoms with van der Waals surface area (Å²) in [7, 11) is 0. The van der Waals surface area contributed by atoms with E-state index in [1.165, 1.54) is 0 Å². The van der Waals surface area contributed by atoms with Gasteiger partial charge in [-0.1, -0.05) is 61.3 Å². The Balaban J connectivity index is 2.27. The fourth-order valence-electron chi connectivity index (χ4n) is 4.26. The Labute approximate surface area is 157 Å². The van der Waals surface area contributed by atoms with Crippen molar-refractivity contribution in [2.75, 3.05) is 0 Å². The molecule has 1 heterocycles. The molecule has 4 unspecified atom stereocenters. The van der Waals surface area contributed by atoms with Gasteiger partial charge in [-0.15, -0.1) is 0 Å². The van der Waals surface area contributed by atoms with Gasteiger partial charge >= 0.3 is 6.18 Å². The van der Waals surface area contributed by atoms with Gasteiger partial charge in [0.15, 0.2) is 0 Å². The zero-order valence-electron chi connectivity index (χ0n) is 17.5. The molecule has 2 rings (SSSR count). The zero-order chi connectivity index (χ0) is 20.0. The molecule has 26 heavy (non-hydrogen) atoms. The van der Waals surface area contributed by atoms with E-state index in [4.69, 9.17) is 9.47 Å². The minimum Gasteiger partial charge on any atom is -0.369 e. The lowest BCUT2D eigenvalue weighted by Gasteiger charge is -2.57. The van der Waals surface area contributed by atoms with Gasteiger partial charge in [0.25, 0.3) is 0 Å². The molecule has 4 atom stereocenters. The number of alkyl halides is 3. The number of fused-ring (bicyclic) bond motifs is 1. The van der Waals surface area contributed by atoms with Crippen LogP contribution in [-0.2, 0) is 9.47 Å². The summed E-state index contributed by atoms with van der Waals surface area (Å²) in [5.41, 5.74) is -1.11. The van der Waals surface area contributed by atoms with E-state index in [1.54, 1.807) is 0 Å². The Hall–Kier alpha value is -0.290. The molecule has 2 nitrogen and oxygen atoms in total. The summed E-state index contributed by atoms with van der Waals surface area (Å²) >= 11 is 0. The van der Waals surface area contributed by atoms with Crippen molar-refractivity contribution < 1.29 is 22.6 Å². The second kappa shape index (κ2) is 7.27. The Kier molecular flexibility index (Phi) is 6.15. The van der Waals surface area contributed by atoms with E-state index in [0.29, 0.717) is 0 Å². The lowest BCUT2D eigenvalue weighted by atomic mass is 9.59. The largest absolute Gasteiger partial charge is 0.389 e. The second-order valence-electron chi connectivity index (χ2n) is 10.6. The molecule has 0 aromatic carbocycles. The quantitative estimate of drug-likeness (QED) is 0.554. The van der Waals surface area contributed by atoms with Crippen molar-refractivity contribution in [3.05, 3.63) is 0 Å². The van der Waals surface area contributed by atoms with Gasteiger partial charge in [0.2, 0.25) is 0 Å². The molecule has 1 saturated heterocycles. The average Bonchev–Trinajstić information content (AvgIpc) is 2.50.